The van der Waals surface area contributed by atoms with Crippen molar-refractivity contribution in [3.63, 3.8) is 0 Å². The Kier molecular flexibility index (Phi) is 6.81. The molecule has 1 aliphatic heterocycles. The maximum atomic E-state index is 13.5. The van der Waals surface area contributed by atoms with Gasteiger partial charge < -0.3 is 9.64 Å². The third-order valence-electron chi connectivity index (χ3n) is 5.91. The SMILES string of the molecule is CCN(C(=O)Oc1ccc(F)cc1)[C@H]1CN(Cc2ccccc2)C[C@@H]1c1ccc(F)cc1. The first-order valence-electron chi connectivity index (χ1n) is 10.8. The predicted molar refractivity (Wildman–Crippen MR) is 119 cm³/mol. The highest BCUT2D eigenvalue weighted by atomic mass is 19.1. The molecule has 0 aliphatic carbocycles. The van der Waals surface area contributed by atoms with E-state index in [9.17, 15) is 13.6 Å². The number of ether oxygens (including phenoxy) is 1. The summed E-state index contributed by atoms with van der Waals surface area (Å²) in [5.74, 6) is -0.360. The minimum atomic E-state index is -0.474. The maximum absolute atomic E-state index is 13.5. The second kappa shape index (κ2) is 9.92. The zero-order valence-corrected chi connectivity index (χ0v) is 18.0. The molecule has 0 bridgehead atoms. The molecular formula is C26H26F2N2O2. The Morgan fingerprint density at radius 2 is 1.56 bits per heavy atom. The zero-order valence-electron chi connectivity index (χ0n) is 18.0. The van der Waals surface area contributed by atoms with E-state index in [4.69, 9.17) is 4.74 Å². The fourth-order valence-electron chi connectivity index (χ4n) is 4.35. The minimum Gasteiger partial charge on any atom is -0.410 e. The zero-order chi connectivity index (χ0) is 22.5. The van der Waals surface area contributed by atoms with Crippen molar-refractivity contribution < 1.29 is 18.3 Å². The number of rotatable bonds is 6. The summed E-state index contributed by atoms with van der Waals surface area (Å²) in [4.78, 5) is 17.1. The first kappa shape index (κ1) is 22.0. The summed E-state index contributed by atoms with van der Waals surface area (Å²) >= 11 is 0. The van der Waals surface area contributed by atoms with Crippen LogP contribution in [0.1, 0.15) is 24.0 Å². The number of carbonyl (C=O) groups is 1. The summed E-state index contributed by atoms with van der Waals surface area (Å²) in [6.45, 7) is 4.55. The molecular weight excluding hydrogens is 410 g/mol. The fourth-order valence-corrected chi connectivity index (χ4v) is 4.35. The lowest BCUT2D eigenvalue weighted by Crippen LogP contribution is -2.45. The van der Waals surface area contributed by atoms with Crippen molar-refractivity contribution in [3.05, 3.63) is 102 Å². The van der Waals surface area contributed by atoms with Gasteiger partial charge in [0.05, 0.1) is 6.04 Å². The molecule has 1 amide bonds. The Balaban J connectivity index is 1.56. The Bertz CT molecular complexity index is 1030. The number of amides is 1. The van der Waals surface area contributed by atoms with E-state index in [1.165, 1.54) is 42.0 Å². The van der Waals surface area contributed by atoms with Crippen molar-refractivity contribution in [2.75, 3.05) is 19.6 Å². The van der Waals surface area contributed by atoms with Gasteiger partial charge >= 0.3 is 6.09 Å². The summed E-state index contributed by atoms with van der Waals surface area (Å²) < 4.78 is 32.3. The summed E-state index contributed by atoms with van der Waals surface area (Å²) in [6, 6.07) is 21.9. The molecule has 4 nitrogen and oxygen atoms in total. The van der Waals surface area contributed by atoms with Gasteiger partial charge in [0.25, 0.3) is 0 Å². The molecule has 0 N–H and O–H groups in total. The Labute approximate surface area is 187 Å². The third kappa shape index (κ3) is 5.14. The molecule has 3 aromatic rings. The highest BCUT2D eigenvalue weighted by Crippen LogP contribution is 2.33. The first-order chi connectivity index (χ1) is 15.5. The molecule has 0 radical (unpaired) electrons. The van der Waals surface area contributed by atoms with Gasteiger partial charge in [-0.1, -0.05) is 42.5 Å². The van der Waals surface area contributed by atoms with Gasteiger partial charge in [0.1, 0.15) is 17.4 Å². The molecule has 0 spiro atoms. The van der Waals surface area contributed by atoms with E-state index in [2.05, 4.69) is 17.0 Å². The van der Waals surface area contributed by atoms with Crippen molar-refractivity contribution in [2.24, 2.45) is 0 Å². The van der Waals surface area contributed by atoms with Gasteiger partial charge in [0, 0.05) is 32.1 Å². The Morgan fingerprint density at radius 1 is 0.938 bits per heavy atom. The molecule has 0 aromatic heterocycles. The van der Waals surface area contributed by atoms with E-state index < -0.39 is 6.09 Å². The lowest BCUT2D eigenvalue weighted by molar-refractivity contribution is 0.131. The van der Waals surface area contributed by atoms with Crippen LogP contribution >= 0.6 is 0 Å². The highest BCUT2D eigenvalue weighted by molar-refractivity contribution is 5.71. The van der Waals surface area contributed by atoms with Crippen molar-refractivity contribution in [2.45, 2.75) is 25.4 Å². The van der Waals surface area contributed by atoms with E-state index in [1.807, 2.05) is 25.1 Å². The predicted octanol–water partition coefficient (Wildman–Crippen LogP) is 5.45. The number of likely N-dealkylation sites (tertiary alicyclic amines) is 1. The van der Waals surface area contributed by atoms with E-state index >= 15 is 0 Å². The smallest absolute Gasteiger partial charge is 0.410 e. The van der Waals surface area contributed by atoms with Crippen LogP contribution in [-0.2, 0) is 6.54 Å². The summed E-state index contributed by atoms with van der Waals surface area (Å²) in [5.41, 5.74) is 2.18. The van der Waals surface area contributed by atoms with Crippen molar-refractivity contribution in [1.29, 1.82) is 0 Å². The number of carbonyl (C=O) groups excluding carboxylic acids is 1. The normalized spacial score (nSPS) is 18.5. The molecule has 166 valence electrons. The second-order valence-corrected chi connectivity index (χ2v) is 8.01. The first-order valence-corrected chi connectivity index (χ1v) is 10.8. The van der Waals surface area contributed by atoms with Crippen LogP contribution in [0.25, 0.3) is 0 Å². The van der Waals surface area contributed by atoms with Crippen molar-refractivity contribution in [3.8, 4) is 5.75 Å². The van der Waals surface area contributed by atoms with Gasteiger partial charge in [0.2, 0.25) is 0 Å². The topological polar surface area (TPSA) is 32.8 Å². The van der Waals surface area contributed by atoms with Crippen LogP contribution in [0.15, 0.2) is 78.9 Å². The van der Waals surface area contributed by atoms with Gasteiger partial charge in [-0.25, -0.2) is 13.6 Å². The highest BCUT2D eigenvalue weighted by Gasteiger charge is 2.39. The number of likely N-dealkylation sites (N-methyl/N-ethyl adjacent to an activating group) is 1. The number of hydrogen-bond acceptors (Lipinski definition) is 3. The van der Waals surface area contributed by atoms with Crippen molar-refractivity contribution >= 4 is 6.09 Å². The average Bonchev–Trinajstić information content (AvgIpc) is 3.20. The van der Waals surface area contributed by atoms with Gasteiger partial charge in [-0.3, -0.25) is 4.90 Å². The molecule has 6 heteroatoms. The van der Waals surface area contributed by atoms with E-state index in [0.717, 1.165) is 18.7 Å². The molecule has 32 heavy (non-hydrogen) atoms. The van der Waals surface area contributed by atoms with Crippen LogP contribution in [0.4, 0.5) is 13.6 Å². The molecule has 3 aromatic carbocycles. The van der Waals surface area contributed by atoms with E-state index in [-0.39, 0.29) is 23.6 Å². The van der Waals surface area contributed by atoms with Gasteiger partial charge in [-0.05, 0) is 54.4 Å². The van der Waals surface area contributed by atoms with Crippen LogP contribution in [0.2, 0.25) is 0 Å². The molecule has 2 atom stereocenters. The van der Waals surface area contributed by atoms with Crippen molar-refractivity contribution in [1.82, 2.24) is 9.80 Å². The summed E-state index contributed by atoms with van der Waals surface area (Å²) in [6.07, 6.45) is -0.474. The third-order valence-corrected chi connectivity index (χ3v) is 5.91. The summed E-state index contributed by atoms with van der Waals surface area (Å²) in [5, 5.41) is 0. The molecule has 1 fully saturated rings. The Morgan fingerprint density at radius 3 is 2.19 bits per heavy atom. The largest absolute Gasteiger partial charge is 0.415 e. The van der Waals surface area contributed by atoms with Gasteiger partial charge in [-0.2, -0.15) is 0 Å². The van der Waals surface area contributed by atoms with Gasteiger partial charge in [0.15, 0.2) is 0 Å². The molecule has 1 heterocycles. The van der Waals surface area contributed by atoms with Gasteiger partial charge in [-0.15, -0.1) is 0 Å². The van der Waals surface area contributed by atoms with Crippen LogP contribution < -0.4 is 4.74 Å². The molecule has 1 aliphatic rings. The summed E-state index contributed by atoms with van der Waals surface area (Å²) in [7, 11) is 0. The van der Waals surface area contributed by atoms with E-state index in [0.29, 0.717) is 18.8 Å². The number of benzene rings is 3. The Hall–Kier alpha value is -3.25. The van der Waals surface area contributed by atoms with Crippen LogP contribution in [-0.4, -0.2) is 41.6 Å². The monoisotopic (exact) mass is 436 g/mol. The minimum absolute atomic E-state index is 0.0139. The maximum Gasteiger partial charge on any atom is 0.415 e. The standard InChI is InChI=1S/C26H26F2N2O2/c1-2-30(26(31)32-23-14-12-22(28)13-15-23)25-18-29(16-19-6-4-3-5-7-19)17-24(25)20-8-10-21(27)11-9-20/h3-15,24-25H,2,16-18H2,1H3/t24-,25+/m1/s1. The average molecular weight is 437 g/mol. The second-order valence-electron chi connectivity index (χ2n) is 8.01. The number of nitrogens with zero attached hydrogens (tertiary/aromatic N) is 2. The molecule has 4 rings (SSSR count). The lowest BCUT2D eigenvalue weighted by Gasteiger charge is -2.31. The van der Waals surface area contributed by atoms with Crippen LogP contribution in [0.3, 0.4) is 0 Å². The fraction of sp³-hybridized carbons (Fsp3) is 0.269. The van der Waals surface area contributed by atoms with Crippen LogP contribution in [0.5, 0.6) is 5.75 Å². The number of halogens is 2. The molecule has 0 unspecified atom stereocenters. The molecule has 0 saturated carbocycles. The van der Waals surface area contributed by atoms with E-state index in [1.54, 1.807) is 17.0 Å². The van der Waals surface area contributed by atoms with Crippen LogP contribution in [0, 0.1) is 11.6 Å². The quantitative estimate of drug-likeness (QED) is 0.515. The molecule has 1 saturated heterocycles. The lowest BCUT2D eigenvalue weighted by atomic mass is 9.93. The number of hydrogen-bond donors (Lipinski definition) is 0.